The second-order valence-corrected chi connectivity index (χ2v) is 3.37. The van der Waals surface area contributed by atoms with E-state index in [0.717, 1.165) is 6.42 Å². The van der Waals surface area contributed by atoms with E-state index in [9.17, 15) is 0 Å². The zero-order chi connectivity index (χ0) is 5.70. The lowest BCUT2D eigenvalue weighted by atomic mass is 10.5. The smallest absolute Gasteiger partial charge is 0.0235 e. The second-order valence-electron chi connectivity index (χ2n) is 1.17. The Bertz CT molecular complexity index is 66.0. The molecule has 0 aromatic heterocycles. The van der Waals surface area contributed by atoms with E-state index in [4.69, 9.17) is 10.3 Å². The molecule has 0 rings (SSSR count). The molecular weight excluding hydrogens is 130 g/mol. The molecule has 0 radical (unpaired) electrons. The first-order valence-corrected chi connectivity index (χ1v) is 4.32. The van der Waals surface area contributed by atoms with E-state index in [1.54, 1.807) is 0 Å². The molecule has 0 bridgehead atoms. The van der Waals surface area contributed by atoms with Gasteiger partial charge in [-0.15, -0.1) is 0 Å². The summed E-state index contributed by atoms with van der Waals surface area (Å²) in [5.41, 5.74) is 5.12. The van der Waals surface area contributed by atoms with Crippen LogP contribution < -0.4 is 5.73 Å². The standard InChI is InChI=1S/C3H9NOS2/c4-2-1-3-7(5)6/h1-4H2,(H,5,6). The molecule has 0 aliphatic rings. The van der Waals surface area contributed by atoms with Crippen molar-refractivity contribution in [2.45, 2.75) is 6.42 Å². The molecule has 7 heavy (non-hydrogen) atoms. The third kappa shape index (κ3) is 6.49. The van der Waals surface area contributed by atoms with Crippen LogP contribution in [-0.2, 0) is 20.9 Å². The molecule has 4 heteroatoms. The number of rotatable bonds is 3. The van der Waals surface area contributed by atoms with Crippen molar-refractivity contribution < 1.29 is 4.55 Å². The molecule has 2 nitrogen and oxygen atoms in total. The van der Waals surface area contributed by atoms with Crippen LogP contribution in [0.1, 0.15) is 6.42 Å². The summed E-state index contributed by atoms with van der Waals surface area (Å²) in [5, 5.41) is 0. The lowest BCUT2D eigenvalue weighted by Gasteiger charge is -1.90. The Morgan fingerprint density at radius 3 is 2.43 bits per heavy atom. The molecule has 0 aromatic carbocycles. The van der Waals surface area contributed by atoms with Crippen LogP contribution in [0.2, 0.25) is 0 Å². The van der Waals surface area contributed by atoms with Gasteiger partial charge in [0.25, 0.3) is 0 Å². The summed E-state index contributed by atoms with van der Waals surface area (Å²) in [7, 11) is -0.812. The fourth-order valence-corrected chi connectivity index (χ4v) is 0.974. The fraction of sp³-hybridized carbons (Fsp3) is 1.00. The lowest BCUT2D eigenvalue weighted by molar-refractivity contribution is 0.653. The van der Waals surface area contributed by atoms with Crippen LogP contribution in [0.15, 0.2) is 0 Å². The number of nitrogens with two attached hydrogens (primary N) is 1. The van der Waals surface area contributed by atoms with E-state index in [1.165, 1.54) is 0 Å². The molecule has 0 fully saturated rings. The van der Waals surface area contributed by atoms with Crippen LogP contribution in [0.3, 0.4) is 0 Å². The van der Waals surface area contributed by atoms with Gasteiger partial charge >= 0.3 is 0 Å². The Hall–Kier alpha value is 0.490. The topological polar surface area (TPSA) is 46.2 Å². The molecule has 1 atom stereocenters. The maximum Gasteiger partial charge on any atom is 0.0235 e. The highest BCUT2D eigenvalue weighted by Gasteiger charge is 1.83. The van der Waals surface area contributed by atoms with Crippen molar-refractivity contribution in [1.82, 2.24) is 0 Å². The van der Waals surface area contributed by atoms with Gasteiger partial charge in [-0.25, -0.2) is 0 Å². The van der Waals surface area contributed by atoms with Crippen LogP contribution in [0.5, 0.6) is 0 Å². The largest absolute Gasteiger partial charge is 0.330 e. The number of hydrogen-bond acceptors (Lipinski definition) is 2. The average Bonchev–Trinajstić information content (AvgIpc) is 1.61. The van der Waals surface area contributed by atoms with Crippen molar-refractivity contribution in [2.75, 3.05) is 12.3 Å². The molecular formula is C3H9NOS2. The van der Waals surface area contributed by atoms with Gasteiger partial charge in [0.15, 0.2) is 0 Å². The quantitative estimate of drug-likeness (QED) is 0.573. The molecule has 0 spiro atoms. The Labute approximate surface area is 50.5 Å². The predicted octanol–water partition coefficient (Wildman–Crippen LogP) is -0.112. The van der Waals surface area contributed by atoms with Crippen LogP contribution in [0.25, 0.3) is 0 Å². The minimum Gasteiger partial charge on any atom is -0.330 e. The third-order valence-corrected chi connectivity index (χ3v) is 1.66. The number of hydrogen-bond donors (Lipinski definition) is 2. The minimum absolute atomic E-state index is 0.626. The highest BCUT2D eigenvalue weighted by atomic mass is 32.8. The van der Waals surface area contributed by atoms with E-state index < -0.39 is 9.74 Å². The van der Waals surface area contributed by atoms with Gasteiger partial charge in [0, 0.05) is 15.5 Å². The summed E-state index contributed by atoms with van der Waals surface area (Å²) in [5.74, 6) is 0.672. The van der Waals surface area contributed by atoms with Crippen LogP contribution in [0, 0.1) is 0 Å². The summed E-state index contributed by atoms with van der Waals surface area (Å²) in [4.78, 5) is 0. The Balaban J connectivity index is 2.82. The van der Waals surface area contributed by atoms with Crippen LogP contribution in [0.4, 0.5) is 0 Å². The molecule has 0 heterocycles. The van der Waals surface area contributed by atoms with Gasteiger partial charge in [0.1, 0.15) is 0 Å². The summed E-state index contributed by atoms with van der Waals surface area (Å²) in [6, 6.07) is 0. The van der Waals surface area contributed by atoms with Crippen molar-refractivity contribution in [2.24, 2.45) is 5.73 Å². The van der Waals surface area contributed by atoms with E-state index in [0.29, 0.717) is 12.3 Å². The molecule has 1 unspecified atom stereocenters. The maximum absolute atomic E-state index is 8.47. The lowest BCUT2D eigenvalue weighted by Crippen LogP contribution is -2.03. The van der Waals surface area contributed by atoms with E-state index in [2.05, 4.69) is 11.2 Å². The highest BCUT2D eigenvalue weighted by Crippen LogP contribution is 1.78. The van der Waals surface area contributed by atoms with Gasteiger partial charge in [-0.05, 0) is 24.2 Å². The van der Waals surface area contributed by atoms with Crippen molar-refractivity contribution in [3.05, 3.63) is 0 Å². The summed E-state index contributed by atoms with van der Waals surface area (Å²) in [6.07, 6.45) is 0.836. The summed E-state index contributed by atoms with van der Waals surface area (Å²) >= 11 is 4.47. The monoisotopic (exact) mass is 139 g/mol. The zero-order valence-electron chi connectivity index (χ0n) is 3.96. The van der Waals surface area contributed by atoms with Gasteiger partial charge in [-0.1, -0.05) is 0 Å². The molecule has 0 saturated heterocycles. The Morgan fingerprint density at radius 1 is 1.71 bits per heavy atom. The highest BCUT2D eigenvalue weighted by molar-refractivity contribution is 8.25. The van der Waals surface area contributed by atoms with Gasteiger partial charge < -0.3 is 10.3 Å². The summed E-state index contributed by atoms with van der Waals surface area (Å²) < 4.78 is 8.47. The molecule has 0 aromatic rings. The van der Waals surface area contributed by atoms with E-state index in [-0.39, 0.29) is 0 Å². The first kappa shape index (κ1) is 7.49. The molecule has 0 amide bonds. The summed E-state index contributed by atoms with van der Waals surface area (Å²) in [6.45, 7) is 0.626. The average molecular weight is 139 g/mol. The first-order valence-electron chi connectivity index (χ1n) is 2.05. The van der Waals surface area contributed by atoms with Gasteiger partial charge in [-0.2, -0.15) is 0 Å². The SMILES string of the molecule is NCCCS(O)=S. The minimum atomic E-state index is -0.812. The van der Waals surface area contributed by atoms with E-state index >= 15 is 0 Å². The molecule has 3 N–H and O–H groups in total. The molecule has 44 valence electrons. The van der Waals surface area contributed by atoms with Crippen LogP contribution >= 0.6 is 0 Å². The molecule has 0 saturated carbocycles. The normalized spacial score (nSPS) is 14.0. The van der Waals surface area contributed by atoms with Crippen molar-refractivity contribution >= 4 is 20.9 Å². The van der Waals surface area contributed by atoms with Gasteiger partial charge in [-0.3, -0.25) is 0 Å². The van der Waals surface area contributed by atoms with E-state index in [1.807, 2.05) is 0 Å². The second kappa shape index (κ2) is 4.64. The van der Waals surface area contributed by atoms with Crippen molar-refractivity contribution in [3.63, 3.8) is 0 Å². The maximum atomic E-state index is 8.47. The van der Waals surface area contributed by atoms with Gasteiger partial charge in [0.05, 0.1) is 0 Å². The predicted molar refractivity (Wildman–Crippen MR) is 35.9 cm³/mol. The fourth-order valence-electron chi connectivity index (χ4n) is 0.207. The third-order valence-electron chi connectivity index (χ3n) is 0.523. The van der Waals surface area contributed by atoms with Crippen LogP contribution in [-0.4, -0.2) is 16.9 Å². The first-order chi connectivity index (χ1) is 3.27. The Morgan fingerprint density at radius 2 is 2.29 bits per heavy atom. The van der Waals surface area contributed by atoms with Crippen molar-refractivity contribution in [3.8, 4) is 0 Å². The Kier molecular flexibility index (Phi) is 4.97. The zero-order valence-corrected chi connectivity index (χ0v) is 5.60. The molecule has 0 aliphatic heterocycles. The van der Waals surface area contributed by atoms with Gasteiger partial charge in [0.2, 0.25) is 0 Å². The molecule has 0 aliphatic carbocycles. The van der Waals surface area contributed by atoms with Crippen molar-refractivity contribution in [1.29, 1.82) is 0 Å².